The van der Waals surface area contributed by atoms with Gasteiger partial charge >= 0.3 is 0 Å². The third kappa shape index (κ3) is 3.79. The lowest BCUT2D eigenvalue weighted by Crippen LogP contribution is -2.27. The predicted molar refractivity (Wildman–Crippen MR) is 72.5 cm³/mol. The molecule has 4 nitrogen and oxygen atoms in total. The third-order valence-corrected chi connectivity index (χ3v) is 2.52. The van der Waals surface area contributed by atoms with Crippen LogP contribution in [-0.4, -0.2) is 30.7 Å². The average molecular weight is 246 g/mol. The lowest BCUT2D eigenvalue weighted by Gasteiger charge is -2.11. The predicted octanol–water partition coefficient (Wildman–Crippen LogP) is 1.15. The van der Waals surface area contributed by atoms with E-state index in [2.05, 4.69) is 22.5 Å². The number of aliphatic hydroxyl groups excluding tert-OH is 1. The maximum Gasteiger partial charge on any atom is 0.251 e. The van der Waals surface area contributed by atoms with Crippen molar-refractivity contribution in [1.82, 2.24) is 5.32 Å². The Hall–Kier alpha value is -1.99. The maximum atomic E-state index is 11.8. The van der Waals surface area contributed by atoms with E-state index in [0.717, 1.165) is 11.3 Å². The number of hydrogen-bond donors (Lipinski definition) is 3. The molecule has 0 aliphatic heterocycles. The van der Waals surface area contributed by atoms with Crippen molar-refractivity contribution < 1.29 is 9.90 Å². The second-order valence-electron chi connectivity index (χ2n) is 3.74. The summed E-state index contributed by atoms with van der Waals surface area (Å²) < 4.78 is 0. The first-order chi connectivity index (χ1) is 8.70. The first kappa shape index (κ1) is 14.1. The fourth-order valence-corrected chi connectivity index (χ4v) is 1.57. The standard InChI is InChI=1S/C14H18N2O2/c1-3-4-8-15-13-7-5-6-12(11(13)2)14(18)16-9-10-17/h5-7,15,17H,8-10H2,1-2H3,(H,16,18). The molecule has 0 bridgehead atoms. The van der Waals surface area contributed by atoms with Gasteiger partial charge in [-0.25, -0.2) is 0 Å². The Kier molecular flexibility index (Phi) is 5.75. The highest BCUT2D eigenvalue weighted by Crippen LogP contribution is 2.18. The fourth-order valence-electron chi connectivity index (χ4n) is 1.57. The summed E-state index contributed by atoms with van der Waals surface area (Å²) in [7, 11) is 0. The molecule has 1 amide bonds. The molecule has 3 N–H and O–H groups in total. The highest BCUT2D eigenvalue weighted by Gasteiger charge is 2.10. The zero-order valence-electron chi connectivity index (χ0n) is 10.7. The van der Waals surface area contributed by atoms with Crippen LogP contribution < -0.4 is 10.6 Å². The van der Waals surface area contributed by atoms with Crippen molar-refractivity contribution in [1.29, 1.82) is 0 Å². The van der Waals surface area contributed by atoms with Gasteiger partial charge in [0, 0.05) is 17.8 Å². The van der Waals surface area contributed by atoms with Gasteiger partial charge in [0.1, 0.15) is 0 Å². The summed E-state index contributed by atoms with van der Waals surface area (Å²) in [5, 5.41) is 14.5. The largest absolute Gasteiger partial charge is 0.395 e. The second kappa shape index (κ2) is 7.36. The van der Waals surface area contributed by atoms with Crippen LogP contribution in [0.5, 0.6) is 0 Å². The topological polar surface area (TPSA) is 61.4 Å². The lowest BCUT2D eigenvalue weighted by molar-refractivity contribution is 0.0944. The van der Waals surface area contributed by atoms with E-state index >= 15 is 0 Å². The van der Waals surface area contributed by atoms with E-state index in [1.807, 2.05) is 19.1 Å². The minimum Gasteiger partial charge on any atom is -0.395 e. The van der Waals surface area contributed by atoms with E-state index in [9.17, 15) is 4.79 Å². The number of nitrogens with one attached hydrogen (secondary N) is 2. The van der Waals surface area contributed by atoms with E-state index in [0.29, 0.717) is 12.1 Å². The highest BCUT2D eigenvalue weighted by atomic mass is 16.3. The summed E-state index contributed by atoms with van der Waals surface area (Å²) in [5.74, 6) is 5.54. The number of amides is 1. The molecule has 0 atom stereocenters. The maximum absolute atomic E-state index is 11.8. The van der Waals surface area contributed by atoms with Crippen molar-refractivity contribution in [2.45, 2.75) is 13.8 Å². The quantitative estimate of drug-likeness (QED) is 0.683. The Bertz CT molecular complexity index is 472. The second-order valence-corrected chi connectivity index (χ2v) is 3.74. The van der Waals surface area contributed by atoms with E-state index in [1.165, 1.54) is 0 Å². The first-order valence-corrected chi connectivity index (χ1v) is 5.83. The molecule has 0 saturated carbocycles. The van der Waals surface area contributed by atoms with Crippen LogP contribution in [0.2, 0.25) is 0 Å². The zero-order valence-corrected chi connectivity index (χ0v) is 10.7. The summed E-state index contributed by atoms with van der Waals surface area (Å²) in [6, 6.07) is 5.50. The molecule has 18 heavy (non-hydrogen) atoms. The Morgan fingerprint density at radius 1 is 1.44 bits per heavy atom. The fraction of sp³-hybridized carbons (Fsp3) is 0.357. The normalized spacial score (nSPS) is 9.28. The number of anilines is 1. The van der Waals surface area contributed by atoms with Crippen LogP contribution in [-0.2, 0) is 0 Å². The molecule has 1 aromatic carbocycles. The molecule has 1 aromatic rings. The van der Waals surface area contributed by atoms with Gasteiger partial charge in [-0.05, 0) is 31.5 Å². The van der Waals surface area contributed by atoms with E-state index < -0.39 is 0 Å². The summed E-state index contributed by atoms with van der Waals surface area (Å²) in [5.41, 5.74) is 2.39. The first-order valence-electron chi connectivity index (χ1n) is 5.83. The molecule has 0 aliphatic carbocycles. The van der Waals surface area contributed by atoms with Gasteiger partial charge in [0.2, 0.25) is 0 Å². The lowest BCUT2D eigenvalue weighted by atomic mass is 10.1. The molecule has 0 aliphatic rings. The Morgan fingerprint density at radius 3 is 2.89 bits per heavy atom. The Balaban J connectivity index is 2.82. The number of carbonyl (C=O) groups excluding carboxylic acids is 1. The summed E-state index contributed by atoms with van der Waals surface area (Å²) in [6.45, 7) is 4.42. The highest BCUT2D eigenvalue weighted by molar-refractivity contribution is 5.97. The van der Waals surface area contributed by atoms with E-state index in [-0.39, 0.29) is 19.1 Å². The van der Waals surface area contributed by atoms with Crippen molar-refractivity contribution in [3.63, 3.8) is 0 Å². The van der Waals surface area contributed by atoms with Crippen LogP contribution in [0, 0.1) is 18.8 Å². The van der Waals surface area contributed by atoms with Crippen LogP contribution in [0.1, 0.15) is 22.8 Å². The molecule has 0 radical (unpaired) electrons. The smallest absolute Gasteiger partial charge is 0.251 e. The summed E-state index contributed by atoms with van der Waals surface area (Å²) >= 11 is 0. The van der Waals surface area contributed by atoms with Gasteiger partial charge in [-0.1, -0.05) is 12.0 Å². The number of benzene rings is 1. The van der Waals surface area contributed by atoms with Gasteiger partial charge in [0.25, 0.3) is 5.91 Å². The van der Waals surface area contributed by atoms with Crippen molar-refractivity contribution in [2.24, 2.45) is 0 Å². The Morgan fingerprint density at radius 2 is 2.22 bits per heavy atom. The molecular formula is C14H18N2O2. The number of rotatable bonds is 5. The van der Waals surface area contributed by atoms with Crippen molar-refractivity contribution >= 4 is 11.6 Å². The van der Waals surface area contributed by atoms with Crippen LogP contribution in [0.3, 0.4) is 0 Å². The van der Waals surface area contributed by atoms with Crippen molar-refractivity contribution in [2.75, 3.05) is 25.0 Å². The SMILES string of the molecule is CC#CCNc1cccc(C(=O)NCCO)c1C. The molecule has 4 heteroatoms. The van der Waals surface area contributed by atoms with Crippen molar-refractivity contribution in [3.8, 4) is 11.8 Å². The average Bonchev–Trinajstić information content (AvgIpc) is 2.38. The molecule has 0 aromatic heterocycles. The van der Waals surface area contributed by atoms with Crippen LogP contribution in [0.4, 0.5) is 5.69 Å². The number of carbonyl (C=O) groups is 1. The van der Waals surface area contributed by atoms with Gasteiger partial charge in [-0.3, -0.25) is 4.79 Å². The molecule has 1 rings (SSSR count). The van der Waals surface area contributed by atoms with Gasteiger partial charge < -0.3 is 15.7 Å². The summed E-state index contributed by atoms with van der Waals surface area (Å²) in [4.78, 5) is 11.8. The van der Waals surface area contributed by atoms with Gasteiger partial charge in [0.05, 0.1) is 13.2 Å². The minimum atomic E-state index is -0.174. The Labute approximate surface area is 107 Å². The minimum absolute atomic E-state index is 0.0607. The monoisotopic (exact) mass is 246 g/mol. The molecule has 96 valence electrons. The number of aliphatic hydroxyl groups is 1. The van der Waals surface area contributed by atoms with E-state index in [4.69, 9.17) is 5.11 Å². The van der Waals surface area contributed by atoms with Gasteiger partial charge in [-0.15, -0.1) is 5.92 Å². The molecule has 0 fully saturated rings. The van der Waals surface area contributed by atoms with E-state index in [1.54, 1.807) is 13.0 Å². The molecule has 0 saturated heterocycles. The molecular weight excluding hydrogens is 228 g/mol. The number of hydrogen-bond acceptors (Lipinski definition) is 3. The molecule has 0 heterocycles. The zero-order chi connectivity index (χ0) is 13.4. The van der Waals surface area contributed by atoms with Gasteiger partial charge in [0.15, 0.2) is 0 Å². The van der Waals surface area contributed by atoms with Crippen molar-refractivity contribution in [3.05, 3.63) is 29.3 Å². The summed E-state index contributed by atoms with van der Waals surface area (Å²) in [6.07, 6.45) is 0. The van der Waals surface area contributed by atoms with Crippen LogP contribution in [0.15, 0.2) is 18.2 Å². The molecule has 0 unspecified atom stereocenters. The van der Waals surface area contributed by atoms with Crippen LogP contribution in [0.25, 0.3) is 0 Å². The van der Waals surface area contributed by atoms with Gasteiger partial charge in [-0.2, -0.15) is 0 Å². The third-order valence-electron chi connectivity index (χ3n) is 2.52. The van der Waals surface area contributed by atoms with Crippen LogP contribution >= 0.6 is 0 Å². The molecule has 0 spiro atoms.